The van der Waals surface area contributed by atoms with Gasteiger partial charge in [-0.1, -0.05) is 13.0 Å². The van der Waals surface area contributed by atoms with Crippen LogP contribution in [0.4, 0.5) is 11.4 Å². The number of benzene rings is 2. The molecule has 2 aromatic carbocycles. The Morgan fingerprint density at radius 3 is 2.46 bits per heavy atom. The molecule has 138 valence electrons. The van der Waals surface area contributed by atoms with Crippen molar-refractivity contribution >= 4 is 23.2 Å². The first-order chi connectivity index (χ1) is 12.5. The molecule has 0 radical (unpaired) electrons. The highest BCUT2D eigenvalue weighted by atomic mass is 16.5. The minimum absolute atomic E-state index is 0.121. The first kappa shape index (κ1) is 19.3. The topological polar surface area (TPSA) is 79.5 Å². The van der Waals surface area contributed by atoms with Crippen molar-refractivity contribution in [3.63, 3.8) is 0 Å². The smallest absolute Gasteiger partial charge is 0.251 e. The van der Waals surface area contributed by atoms with Crippen LogP contribution < -0.4 is 20.7 Å². The van der Waals surface area contributed by atoms with Gasteiger partial charge in [-0.15, -0.1) is 0 Å². The molecular formula is C20H25N3O3. The fourth-order valence-electron chi connectivity index (χ4n) is 2.24. The van der Waals surface area contributed by atoms with Crippen LogP contribution in [0.5, 0.6) is 5.75 Å². The van der Waals surface area contributed by atoms with Crippen LogP contribution in [0.2, 0.25) is 0 Å². The number of amides is 2. The van der Waals surface area contributed by atoms with Crippen molar-refractivity contribution in [3.8, 4) is 5.75 Å². The highest BCUT2D eigenvalue weighted by molar-refractivity contribution is 5.98. The number of ether oxygens (including phenoxy) is 1. The van der Waals surface area contributed by atoms with Crippen LogP contribution in [0.25, 0.3) is 0 Å². The lowest BCUT2D eigenvalue weighted by Gasteiger charge is -2.13. The first-order valence-corrected chi connectivity index (χ1v) is 8.64. The molecule has 1 unspecified atom stereocenters. The maximum absolute atomic E-state index is 12.1. The first-order valence-electron chi connectivity index (χ1n) is 8.64. The summed E-state index contributed by atoms with van der Waals surface area (Å²) in [7, 11) is 1.57. The van der Waals surface area contributed by atoms with Gasteiger partial charge in [0.25, 0.3) is 5.91 Å². The molecule has 0 aliphatic heterocycles. The maximum Gasteiger partial charge on any atom is 0.251 e. The summed E-state index contributed by atoms with van der Waals surface area (Å²) in [6.45, 7) is 4.22. The zero-order valence-corrected chi connectivity index (χ0v) is 15.3. The highest BCUT2D eigenvalue weighted by Crippen LogP contribution is 2.17. The van der Waals surface area contributed by atoms with E-state index < -0.39 is 0 Å². The summed E-state index contributed by atoms with van der Waals surface area (Å²) in [6, 6.07) is 14.3. The molecule has 26 heavy (non-hydrogen) atoms. The van der Waals surface area contributed by atoms with E-state index in [9.17, 15) is 9.59 Å². The van der Waals surface area contributed by atoms with E-state index in [0.717, 1.165) is 17.9 Å². The molecule has 0 heterocycles. The Balaban J connectivity index is 1.86. The van der Waals surface area contributed by atoms with E-state index in [-0.39, 0.29) is 24.5 Å². The summed E-state index contributed by atoms with van der Waals surface area (Å²) in [5, 5.41) is 8.39. The highest BCUT2D eigenvalue weighted by Gasteiger charge is 2.07. The number of rotatable bonds is 8. The molecule has 0 aliphatic rings. The van der Waals surface area contributed by atoms with Crippen LogP contribution >= 0.6 is 0 Å². The molecule has 3 N–H and O–H groups in total. The van der Waals surface area contributed by atoms with Crippen molar-refractivity contribution < 1.29 is 14.3 Å². The van der Waals surface area contributed by atoms with Gasteiger partial charge in [-0.3, -0.25) is 9.59 Å². The third kappa shape index (κ3) is 5.81. The Labute approximate surface area is 153 Å². The fourth-order valence-corrected chi connectivity index (χ4v) is 2.24. The summed E-state index contributed by atoms with van der Waals surface area (Å²) in [4.78, 5) is 23.7. The van der Waals surface area contributed by atoms with Crippen LogP contribution in [0.15, 0.2) is 48.5 Å². The van der Waals surface area contributed by atoms with Crippen LogP contribution in [-0.2, 0) is 4.79 Å². The van der Waals surface area contributed by atoms with Gasteiger partial charge in [0.15, 0.2) is 0 Å². The van der Waals surface area contributed by atoms with Crippen LogP contribution in [0.3, 0.4) is 0 Å². The molecule has 0 fully saturated rings. The average molecular weight is 355 g/mol. The molecule has 2 amide bonds. The van der Waals surface area contributed by atoms with E-state index >= 15 is 0 Å². The zero-order valence-electron chi connectivity index (χ0n) is 15.3. The second-order valence-corrected chi connectivity index (χ2v) is 5.92. The minimum atomic E-state index is -0.195. The van der Waals surface area contributed by atoms with Gasteiger partial charge in [0.05, 0.1) is 12.6 Å². The van der Waals surface area contributed by atoms with E-state index in [2.05, 4.69) is 22.9 Å². The quantitative estimate of drug-likeness (QED) is 0.679. The SMILES string of the molecule is CCC(C)Oc1ccc(NCC(=O)Nc2cccc(C(=O)NC)c2)cc1. The molecule has 0 spiro atoms. The van der Waals surface area contributed by atoms with E-state index in [1.54, 1.807) is 31.3 Å². The van der Waals surface area contributed by atoms with Crippen molar-refractivity contribution in [1.82, 2.24) is 5.32 Å². The Hall–Kier alpha value is -3.02. The third-order valence-electron chi connectivity index (χ3n) is 3.86. The van der Waals surface area contributed by atoms with Gasteiger partial charge < -0.3 is 20.7 Å². The Kier molecular flexibility index (Phi) is 7.02. The van der Waals surface area contributed by atoms with Crippen LogP contribution in [0.1, 0.15) is 30.6 Å². The van der Waals surface area contributed by atoms with Crippen molar-refractivity contribution in [2.45, 2.75) is 26.4 Å². The van der Waals surface area contributed by atoms with Crippen molar-refractivity contribution in [3.05, 3.63) is 54.1 Å². The number of hydrogen-bond donors (Lipinski definition) is 3. The monoisotopic (exact) mass is 355 g/mol. The fraction of sp³-hybridized carbons (Fsp3) is 0.300. The lowest BCUT2D eigenvalue weighted by molar-refractivity contribution is -0.114. The average Bonchev–Trinajstić information content (AvgIpc) is 2.67. The van der Waals surface area contributed by atoms with Crippen molar-refractivity contribution in [1.29, 1.82) is 0 Å². The van der Waals surface area contributed by atoms with Crippen LogP contribution in [0, 0.1) is 0 Å². The summed E-state index contributed by atoms with van der Waals surface area (Å²) in [6.07, 6.45) is 1.12. The van der Waals surface area contributed by atoms with Gasteiger partial charge in [-0.25, -0.2) is 0 Å². The molecule has 0 saturated carbocycles. The van der Waals surface area contributed by atoms with E-state index in [4.69, 9.17) is 4.74 Å². The summed E-state index contributed by atoms with van der Waals surface area (Å²) in [5.74, 6) is 0.415. The largest absolute Gasteiger partial charge is 0.491 e. The zero-order chi connectivity index (χ0) is 18.9. The van der Waals surface area contributed by atoms with E-state index in [1.165, 1.54) is 0 Å². The number of carbonyl (C=O) groups is 2. The number of anilines is 2. The normalized spacial score (nSPS) is 11.3. The van der Waals surface area contributed by atoms with E-state index in [1.807, 2.05) is 31.2 Å². The molecule has 1 atom stereocenters. The van der Waals surface area contributed by atoms with Crippen molar-refractivity contribution in [2.24, 2.45) is 0 Å². The van der Waals surface area contributed by atoms with Gasteiger partial charge in [-0.2, -0.15) is 0 Å². The van der Waals surface area contributed by atoms with Gasteiger partial charge in [0.1, 0.15) is 5.75 Å². The minimum Gasteiger partial charge on any atom is -0.491 e. The number of hydrogen-bond acceptors (Lipinski definition) is 4. The van der Waals surface area contributed by atoms with E-state index in [0.29, 0.717) is 11.3 Å². The molecule has 2 aromatic rings. The van der Waals surface area contributed by atoms with Gasteiger partial charge in [0, 0.05) is 24.0 Å². The third-order valence-corrected chi connectivity index (χ3v) is 3.86. The maximum atomic E-state index is 12.1. The summed E-state index contributed by atoms with van der Waals surface area (Å²) < 4.78 is 5.72. The lowest BCUT2D eigenvalue weighted by atomic mass is 10.2. The standard InChI is InChI=1S/C20H25N3O3/c1-4-14(2)26-18-10-8-16(9-11-18)22-13-19(24)23-17-7-5-6-15(12-17)20(25)21-3/h5-12,14,22H,4,13H2,1-3H3,(H,21,25)(H,23,24). The van der Waals surface area contributed by atoms with Crippen LogP contribution in [-0.4, -0.2) is 31.5 Å². The molecule has 0 aromatic heterocycles. The second kappa shape index (κ2) is 9.46. The molecule has 6 nitrogen and oxygen atoms in total. The summed E-state index contributed by atoms with van der Waals surface area (Å²) >= 11 is 0. The molecule has 0 aliphatic carbocycles. The van der Waals surface area contributed by atoms with Gasteiger partial charge in [-0.05, 0) is 55.8 Å². The Morgan fingerprint density at radius 2 is 1.81 bits per heavy atom. The van der Waals surface area contributed by atoms with Gasteiger partial charge >= 0.3 is 0 Å². The lowest BCUT2D eigenvalue weighted by Crippen LogP contribution is -2.22. The Morgan fingerprint density at radius 1 is 1.08 bits per heavy atom. The predicted molar refractivity (Wildman–Crippen MR) is 104 cm³/mol. The van der Waals surface area contributed by atoms with Gasteiger partial charge in [0.2, 0.25) is 5.91 Å². The molecule has 2 rings (SSSR count). The molecule has 0 bridgehead atoms. The molecular weight excluding hydrogens is 330 g/mol. The molecule has 6 heteroatoms. The predicted octanol–water partition coefficient (Wildman–Crippen LogP) is 3.27. The Bertz CT molecular complexity index is 744. The summed E-state index contributed by atoms with van der Waals surface area (Å²) in [5.41, 5.74) is 1.90. The molecule has 0 saturated heterocycles. The number of carbonyl (C=O) groups excluding carboxylic acids is 2. The number of nitrogens with one attached hydrogen (secondary N) is 3. The van der Waals surface area contributed by atoms with Crippen molar-refractivity contribution in [2.75, 3.05) is 24.2 Å². The second-order valence-electron chi connectivity index (χ2n) is 5.92.